The molecule has 0 N–H and O–H groups in total. The van der Waals surface area contributed by atoms with Crippen molar-refractivity contribution in [3.63, 3.8) is 0 Å². The number of halogens is 1. The molecule has 9 heteroatoms. The lowest BCUT2D eigenvalue weighted by molar-refractivity contribution is -0.385. The molecule has 0 unspecified atom stereocenters. The van der Waals surface area contributed by atoms with Gasteiger partial charge in [-0.25, -0.2) is 0 Å². The first-order chi connectivity index (χ1) is 9.41. The monoisotopic (exact) mass is 339 g/mol. The quantitative estimate of drug-likeness (QED) is 0.404. The second kappa shape index (κ2) is 8.02. The van der Waals surface area contributed by atoms with Gasteiger partial charge < -0.3 is 13.6 Å². The van der Waals surface area contributed by atoms with E-state index in [9.17, 15) is 10.1 Å². The lowest BCUT2D eigenvalue weighted by Crippen LogP contribution is -2.02. The lowest BCUT2D eigenvalue weighted by Gasteiger charge is -2.20. The Labute approximate surface area is 127 Å². The Morgan fingerprint density at radius 3 is 2.40 bits per heavy atom. The van der Waals surface area contributed by atoms with Crippen LogP contribution in [0.25, 0.3) is 0 Å². The van der Waals surface area contributed by atoms with Crippen molar-refractivity contribution in [3.8, 4) is 0 Å². The number of benzene rings is 1. The summed E-state index contributed by atoms with van der Waals surface area (Å²) in [5.74, 6) is 0. The third kappa shape index (κ3) is 5.09. The Morgan fingerprint density at radius 1 is 1.30 bits per heavy atom. The molecular formula is C11H15ClNO5PS. The Morgan fingerprint density at radius 2 is 1.90 bits per heavy atom. The van der Waals surface area contributed by atoms with E-state index >= 15 is 0 Å². The molecular weight excluding hydrogens is 325 g/mol. The van der Waals surface area contributed by atoms with Crippen LogP contribution in [0.2, 0.25) is 5.02 Å². The average Bonchev–Trinajstić information content (AvgIpc) is 2.37. The highest BCUT2D eigenvalue weighted by Gasteiger charge is 2.22. The molecule has 0 radical (unpaired) electrons. The van der Waals surface area contributed by atoms with Gasteiger partial charge in [0.15, 0.2) is 0 Å². The summed E-state index contributed by atoms with van der Waals surface area (Å²) >= 11 is 10.9. The van der Waals surface area contributed by atoms with Crippen molar-refractivity contribution in [2.24, 2.45) is 0 Å². The van der Waals surface area contributed by atoms with Crippen molar-refractivity contribution in [1.29, 1.82) is 0 Å². The predicted molar refractivity (Wildman–Crippen MR) is 80.4 cm³/mol. The van der Waals surface area contributed by atoms with Gasteiger partial charge in [0.25, 0.3) is 5.69 Å². The van der Waals surface area contributed by atoms with Crippen molar-refractivity contribution in [3.05, 3.63) is 38.9 Å². The van der Waals surface area contributed by atoms with Crippen LogP contribution in [-0.4, -0.2) is 18.1 Å². The molecule has 0 aliphatic carbocycles. The summed E-state index contributed by atoms with van der Waals surface area (Å²) in [6, 6.07) is 4.35. The molecule has 6 nitrogen and oxygen atoms in total. The molecule has 20 heavy (non-hydrogen) atoms. The third-order valence-corrected chi connectivity index (χ3v) is 4.97. The Balaban J connectivity index is 2.88. The first-order valence-electron chi connectivity index (χ1n) is 5.88. The molecule has 0 atom stereocenters. The highest BCUT2D eigenvalue weighted by molar-refractivity contribution is 8.07. The first-order valence-corrected chi connectivity index (χ1v) is 8.81. The maximum atomic E-state index is 11.0. The van der Waals surface area contributed by atoms with Crippen LogP contribution in [0.4, 0.5) is 5.69 Å². The van der Waals surface area contributed by atoms with Crippen LogP contribution < -0.4 is 0 Å². The Kier molecular flexibility index (Phi) is 7.02. The van der Waals surface area contributed by atoms with Crippen molar-refractivity contribution >= 4 is 35.8 Å². The summed E-state index contributed by atoms with van der Waals surface area (Å²) in [5.41, 5.74) is 0.250. The second-order valence-corrected chi connectivity index (χ2v) is 7.03. The molecule has 0 spiro atoms. The molecule has 0 saturated carbocycles. The van der Waals surface area contributed by atoms with Gasteiger partial charge in [0, 0.05) is 11.1 Å². The minimum Gasteiger partial charge on any atom is -0.309 e. The molecule has 112 valence electrons. The number of nitro benzene ring substituents is 1. The van der Waals surface area contributed by atoms with Crippen LogP contribution in [-0.2, 0) is 32.0 Å². The van der Waals surface area contributed by atoms with E-state index in [-0.39, 0.29) is 17.3 Å². The topological polar surface area (TPSA) is 70.8 Å². The van der Waals surface area contributed by atoms with E-state index in [0.29, 0.717) is 18.8 Å². The number of hydrogen-bond acceptors (Lipinski definition) is 6. The van der Waals surface area contributed by atoms with E-state index in [1.54, 1.807) is 19.9 Å². The molecule has 0 aromatic heterocycles. The van der Waals surface area contributed by atoms with Crippen LogP contribution in [0.1, 0.15) is 19.4 Å². The molecule has 1 aromatic rings. The first kappa shape index (κ1) is 17.5. The van der Waals surface area contributed by atoms with E-state index in [1.165, 1.54) is 12.1 Å². The zero-order valence-corrected chi connectivity index (χ0v) is 13.5. The molecule has 0 bridgehead atoms. The molecule has 0 amide bonds. The van der Waals surface area contributed by atoms with E-state index < -0.39 is 11.6 Å². The van der Waals surface area contributed by atoms with Gasteiger partial charge in [0.2, 0.25) is 0 Å². The van der Waals surface area contributed by atoms with Crippen LogP contribution in [0, 0.1) is 10.1 Å². The largest absolute Gasteiger partial charge is 0.327 e. The molecule has 0 aliphatic rings. The molecule has 0 fully saturated rings. The fourth-order valence-corrected chi connectivity index (χ4v) is 3.52. The van der Waals surface area contributed by atoms with Crippen LogP contribution in [0.15, 0.2) is 18.2 Å². The van der Waals surface area contributed by atoms with E-state index in [4.69, 9.17) is 37.0 Å². The zero-order valence-electron chi connectivity index (χ0n) is 11.1. The summed E-state index contributed by atoms with van der Waals surface area (Å²) < 4.78 is 16.1. The van der Waals surface area contributed by atoms with Gasteiger partial charge >= 0.3 is 6.72 Å². The normalized spacial score (nSPS) is 11.6. The van der Waals surface area contributed by atoms with E-state index in [2.05, 4.69) is 0 Å². The van der Waals surface area contributed by atoms with Crippen LogP contribution >= 0.6 is 18.3 Å². The highest BCUT2D eigenvalue weighted by atomic mass is 35.5. The smallest absolute Gasteiger partial charge is 0.309 e. The minimum absolute atomic E-state index is 0.0647. The summed E-state index contributed by atoms with van der Waals surface area (Å²) in [6.07, 6.45) is 0. The molecule has 0 heterocycles. The summed E-state index contributed by atoms with van der Waals surface area (Å²) in [6.45, 7) is 1.30. The Bertz CT molecular complexity index is 518. The molecule has 1 aromatic carbocycles. The van der Waals surface area contributed by atoms with Gasteiger partial charge in [0.1, 0.15) is 0 Å². The van der Waals surface area contributed by atoms with Crippen molar-refractivity contribution in [1.82, 2.24) is 0 Å². The number of rotatable bonds is 8. The van der Waals surface area contributed by atoms with Gasteiger partial charge in [-0.1, -0.05) is 11.6 Å². The van der Waals surface area contributed by atoms with Gasteiger partial charge in [-0.3, -0.25) is 10.1 Å². The third-order valence-electron chi connectivity index (χ3n) is 2.20. The maximum absolute atomic E-state index is 11.0. The Hall–Kier alpha value is -0.560. The molecule has 0 aliphatic heterocycles. The van der Waals surface area contributed by atoms with Gasteiger partial charge in [-0.15, -0.1) is 0 Å². The number of hydrogen-bond donors (Lipinski definition) is 0. The maximum Gasteiger partial charge on any atom is 0.327 e. The predicted octanol–water partition coefficient (Wildman–Crippen LogP) is 4.06. The summed E-state index contributed by atoms with van der Waals surface area (Å²) in [4.78, 5) is 10.4. The van der Waals surface area contributed by atoms with Gasteiger partial charge in [-0.2, -0.15) is 0 Å². The SMILES string of the molecule is CCOP(=S)(OCC)OCc1ccc(Cl)cc1[N+](=O)[O-]. The van der Waals surface area contributed by atoms with E-state index in [0.717, 1.165) is 0 Å². The lowest BCUT2D eigenvalue weighted by atomic mass is 10.2. The summed E-state index contributed by atoms with van der Waals surface area (Å²) in [5, 5.41) is 11.2. The van der Waals surface area contributed by atoms with Crippen molar-refractivity contribution < 1.29 is 18.5 Å². The van der Waals surface area contributed by atoms with Gasteiger partial charge in [-0.05, 0) is 37.8 Å². The van der Waals surface area contributed by atoms with Crippen LogP contribution in [0.3, 0.4) is 0 Å². The van der Waals surface area contributed by atoms with Crippen LogP contribution in [0.5, 0.6) is 0 Å². The minimum atomic E-state index is -2.87. The van der Waals surface area contributed by atoms with Crippen molar-refractivity contribution in [2.75, 3.05) is 13.2 Å². The van der Waals surface area contributed by atoms with Gasteiger partial charge in [0.05, 0.1) is 30.3 Å². The number of nitro groups is 1. The molecule has 0 saturated heterocycles. The highest BCUT2D eigenvalue weighted by Crippen LogP contribution is 2.50. The zero-order chi connectivity index (χ0) is 15.2. The second-order valence-electron chi connectivity index (χ2n) is 3.59. The number of nitrogens with zero attached hydrogens (tertiary/aromatic N) is 1. The van der Waals surface area contributed by atoms with Crippen molar-refractivity contribution in [2.45, 2.75) is 20.5 Å². The molecule has 1 rings (SSSR count). The fourth-order valence-electron chi connectivity index (χ4n) is 1.41. The summed E-state index contributed by atoms with van der Waals surface area (Å²) in [7, 11) is 0. The van der Waals surface area contributed by atoms with E-state index in [1.807, 2.05) is 0 Å². The fraction of sp³-hybridized carbons (Fsp3) is 0.455. The average molecular weight is 340 g/mol. The standard InChI is InChI=1S/C11H15ClNO5PS/c1-3-16-19(20,17-4-2)18-8-9-5-6-10(12)7-11(9)13(14)15/h5-7H,3-4,8H2,1-2H3.